The Morgan fingerprint density at radius 2 is 1.23 bits per heavy atom. The van der Waals surface area contributed by atoms with Gasteiger partial charge in [-0.25, -0.2) is 13.6 Å². The van der Waals surface area contributed by atoms with Crippen molar-refractivity contribution in [1.29, 1.82) is 0 Å². The molecule has 346 valence electrons. The van der Waals surface area contributed by atoms with E-state index in [4.69, 9.17) is 14.2 Å². The first-order valence-corrected chi connectivity index (χ1v) is 21.7. The van der Waals surface area contributed by atoms with E-state index in [0.29, 0.717) is 36.3 Å². The quantitative estimate of drug-likeness (QED) is 0.0826. The molecule has 0 saturated carbocycles. The molecule has 1 fully saturated rings. The van der Waals surface area contributed by atoms with E-state index in [2.05, 4.69) is 20.2 Å². The van der Waals surface area contributed by atoms with Crippen LogP contribution >= 0.6 is 0 Å². The summed E-state index contributed by atoms with van der Waals surface area (Å²) in [5.41, 5.74) is 1.09. The Hall–Kier alpha value is -6.96. The van der Waals surface area contributed by atoms with Crippen LogP contribution in [0.3, 0.4) is 0 Å². The lowest BCUT2D eigenvalue weighted by Gasteiger charge is -2.28. The van der Waals surface area contributed by atoms with Gasteiger partial charge < -0.3 is 44.9 Å². The summed E-state index contributed by atoms with van der Waals surface area (Å²) < 4.78 is 45.9. The highest BCUT2D eigenvalue weighted by Gasteiger charge is 2.33. The van der Waals surface area contributed by atoms with Gasteiger partial charge in [0.1, 0.15) is 51.5 Å². The van der Waals surface area contributed by atoms with E-state index in [-0.39, 0.29) is 77.9 Å². The van der Waals surface area contributed by atoms with Crippen molar-refractivity contribution in [3.63, 3.8) is 0 Å². The van der Waals surface area contributed by atoms with Gasteiger partial charge in [0.05, 0.1) is 32.9 Å². The smallest absolute Gasteiger partial charge is 0.347 e. The largest absolute Gasteiger partial charge is 0.505 e. The molecular weight excluding hydrogens is 863 g/mol. The molecule has 3 aliphatic heterocycles. The Morgan fingerprint density at radius 1 is 0.758 bits per heavy atom. The summed E-state index contributed by atoms with van der Waals surface area (Å²) in [4.78, 5) is 62.6. The number of aromatic nitrogens is 4. The van der Waals surface area contributed by atoms with Crippen LogP contribution < -0.4 is 25.9 Å². The fourth-order valence-electron chi connectivity index (χ4n) is 8.51. The average Bonchev–Trinajstić information content (AvgIpc) is 3.85. The highest BCUT2D eigenvalue weighted by atomic mass is 19.1. The number of ether oxygens (including phenoxy) is 3. The number of esters is 1. The predicted octanol–water partition coefficient (Wildman–Crippen LogP) is 3.56. The molecule has 7 heterocycles. The summed E-state index contributed by atoms with van der Waals surface area (Å²) >= 11 is 0. The Labute approximate surface area is 375 Å². The molecule has 1 amide bonds. The molecule has 17 nitrogen and oxygen atoms in total. The first-order valence-electron chi connectivity index (χ1n) is 21.7. The molecule has 2 unspecified atom stereocenters. The van der Waals surface area contributed by atoms with E-state index >= 15 is 0 Å². The SMILES string of the molecule is CCOC(=O)c1c(O)c2ncc(Cc3ccc(F)cc3)c3c2n(c1=O)CC(CO)O3.O=C(NCCCN1CCCC1)c1c(O)c2ncc(Cc3ccc(F)cc3)c3c2n(c1=O)CC(CO)O3. The number of hydrogen-bond acceptors (Lipinski definition) is 14. The van der Waals surface area contributed by atoms with Crippen LogP contribution in [0.25, 0.3) is 22.1 Å². The summed E-state index contributed by atoms with van der Waals surface area (Å²) in [5, 5.41) is 43.8. The Balaban J connectivity index is 0.000000182. The van der Waals surface area contributed by atoms with Gasteiger partial charge in [-0.15, -0.1) is 0 Å². The third-order valence-corrected chi connectivity index (χ3v) is 11.7. The first kappa shape index (κ1) is 45.6. The van der Waals surface area contributed by atoms with Crippen molar-refractivity contribution in [2.24, 2.45) is 0 Å². The number of pyridine rings is 4. The zero-order valence-corrected chi connectivity index (χ0v) is 36.0. The molecule has 3 aliphatic rings. The van der Waals surface area contributed by atoms with Crippen LogP contribution in [0, 0.1) is 11.6 Å². The number of aliphatic hydroxyl groups excluding tert-OH is 2. The van der Waals surface area contributed by atoms with Gasteiger partial charge in [0, 0.05) is 42.9 Å². The third-order valence-electron chi connectivity index (χ3n) is 11.7. The Kier molecular flexibility index (Phi) is 13.6. The molecule has 0 spiro atoms. The lowest BCUT2D eigenvalue weighted by atomic mass is 10.0. The number of likely N-dealkylation sites (tertiary alicyclic amines) is 1. The second-order valence-corrected chi connectivity index (χ2v) is 16.2. The molecule has 0 radical (unpaired) electrons. The highest BCUT2D eigenvalue weighted by molar-refractivity contribution is 6.03. The number of aromatic hydroxyl groups is 2. The lowest BCUT2D eigenvalue weighted by Crippen LogP contribution is -2.40. The van der Waals surface area contributed by atoms with Gasteiger partial charge in [-0.1, -0.05) is 24.3 Å². The highest BCUT2D eigenvalue weighted by Crippen LogP contribution is 2.39. The normalized spacial score (nSPS) is 16.3. The molecule has 4 aromatic heterocycles. The van der Waals surface area contributed by atoms with Gasteiger partial charge >= 0.3 is 5.97 Å². The van der Waals surface area contributed by atoms with E-state index in [1.165, 1.54) is 58.6 Å². The van der Waals surface area contributed by atoms with Crippen LogP contribution in [0.4, 0.5) is 8.78 Å². The van der Waals surface area contributed by atoms with Crippen LogP contribution in [0.15, 0.2) is 70.5 Å². The summed E-state index contributed by atoms with van der Waals surface area (Å²) in [5.74, 6) is -2.81. The molecule has 6 aromatic rings. The van der Waals surface area contributed by atoms with Crippen LogP contribution in [-0.4, -0.2) is 115 Å². The number of benzene rings is 2. The van der Waals surface area contributed by atoms with Crippen molar-refractivity contribution < 1.29 is 53.0 Å². The van der Waals surface area contributed by atoms with E-state index in [9.17, 15) is 48.4 Å². The number of aliphatic hydroxyl groups is 2. The maximum Gasteiger partial charge on any atom is 0.347 e. The number of halogens is 2. The number of nitrogens with one attached hydrogen (secondary N) is 1. The third kappa shape index (κ3) is 9.13. The monoisotopic (exact) mass is 910 g/mol. The van der Waals surface area contributed by atoms with Gasteiger partial charge in [-0.2, -0.15) is 0 Å². The average molecular weight is 911 g/mol. The maximum absolute atomic E-state index is 13.4. The van der Waals surface area contributed by atoms with Gasteiger partial charge in [0.15, 0.2) is 28.6 Å². The minimum absolute atomic E-state index is 0.00996. The van der Waals surface area contributed by atoms with Gasteiger partial charge in [0.25, 0.3) is 17.0 Å². The number of hydrogen-bond donors (Lipinski definition) is 5. The molecule has 5 N–H and O–H groups in total. The van der Waals surface area contributed by atoms with Crippen LogP contribution in [0.5, 0.6) is 23.0 Å². The minimum Gasteiger partial charge on any atom is -0.505 e. The predicted molar refractivity (Wildman–Crippen MR) is 235 cm³/mol. The van der Waals surface area contributed by atoms with Crippen molar-refractivity contribution in [2.75, 3.05) is 46.0 Å². The first-order chi connectivity index (χ1) is 31.9. The van der Waals surface area contributed by atoms with E-state index < -0.39 is 52.3 Å². The van der Waals surface area contributed by atoms with Crippen molar-refractivity contribution in [1.82, 2.24) is 29.3 Å². The van der Waals surface area contributed by atoms with Crippen molar-refractivity contribution >= 4 is 33.9 Å². The van der Waals surface area contributed by atoms with E-state index in [1.807, 2.05) is 0 Å². The Bertz CT molecular complexity index is 2920. The lowest BCUT2D eigenvalue weighted by molar-refractivity contribution is 0.0518. The fourth-order valence-corrected chi connectivity index (χ4v) is 8.51. The van der Waals surface area contributed by atoms with Crippen molar-refractivity contribution in [2.45, 2.75) is 64.3 Å². The number of nitrogens with zero attached hydrogens (tertiary/aromatic N) is 5. The van der Waals surface area contributed by atoms with Gasteiger partial charge in [-0.3, -0.25) is 33.5 Å². The summed E-state index contributed by atoms with van der Waals surface area (Å²) in [6.45, 7) is 4.29. The molecule has 0 bridgehead atoms. The molecule has 66 heavy (non-hydrogen) atoms. The van der Waals surface area contributed by atoms with E-state index in [1.54, 1.807) is 31.2 Å². The van der Waals surface area contributed by atoms with Crippen LogP contribution in [-0.2, 0) is 30.7 Å². The number of carbonyl (C=O) groups excluding carboxylic acids is 2. The summed E-state index contributed by atoms with van der Waals surface area (Å²) in [6, 6.07) is 11.9. The second-order valence-electron chi connectivity index (χ2n) is 16.2. The summed E-state index contributed by atoms with van der Waals surface area (Å²) in [6.07, 6.45) is 5.31. The molecule has 9 rings (SSSR count). The molecule has 1 saturated heterocycles. The molecule has 2 aromatic carbocycles. The topological polar surface area (TPSA) is 228 Å². The molecule has 0 aliphatic carbocycles. The van der Waals surface area contributed by atoms with E-state index in [0.717, 1.165) is 37.2 Å². The van der Waals surface area contributed by atoms with Gasteiger partial charge in [-0.05, 0) is 81.2 Å². The zero-order valence-electron chi connectivity index (χ0n) is 36.0. The number of amides is 1. The summed E-state index contributed by atoms with van der Waals surface area (Å²) in [7, 11) is 0. The standard InChI is InChI=1S/C26H29FN4O5.C21H19FN2O6/c27-18-6-4-16(5-7-18)12-17-13-29-21-22-24(17)36-19(15-32)14-31(22)26(35)20(23(21)33)25(34)28-8-3-11-30-9-1-2-10-30;1-2-29-21(28)15-18(26)16-17-19(30-14(10-25)9-24(17)20(15)27)12(8-23-16)7-11-3-5-13(22)6-4-11/h4-7,13,19,32-33H,1-3,8-12,14-15H2,(H,28,34);3-6,8,14,25-26H,2,7,9-10H2,1H3. The van der Waals surface area contributed by atoms with Gasteiger partial charge in [0.2, 0.25) is 0 Å². The molecular formula is C47H48F2N6O11. The number of rotatable bonds is 13. The zero-order chi connectivity index (χ0) is 46.6. The molecule has 19 heteroatoms. The fraction of sp³-hybridized carbons (Fsp3) is 0.362. The van der Waals surface area contributed by atoms with Crippen molar-refractivity contribution in [3.05, 3.63) is 127 Å². The molecule has 2 atom stereocenters. The van der Waals surface area contributed by atoms with Crippen molar-refractivity contribution in [3.8, 4) is 23.0 Å². The number of carbonyl (C=O) groups is 2. The maximum atomic E-state index is 13.4. The van der Waals surface area contributed by atoms with Crippen LogP contribution in [0.2, 0.25) is 0 Å². The Morgan fingerprint density at radius 3 is 1.70 bits per heavy atom. The van der Waals surface area contributed by atoms with Crippen LogP contribution in [0.1, 0.15) is 69.2 Å². The minimum atomic E-state index is -0.948. The second kappa shape index (κ2) is 19.6.